The summed E-state index contributed by atoms with van der Waals surface area (Å²) in [6.45, 7) is 0.501. The van der Waals surface area contributed by atoms with Gasteiger partial charge in [0.05, 0.1) is 6.61 Å². The summed E-state index contributed by atoms with van der Waals surface area (Å²) in [5.41, 5.74) is 1.55. The fourth-order valence-corrected chi connectivity index (χ4v) is 4.03. The molecule has 3 unspecified atom stereocenters. The predicted molar refractivity (Wildman–Crippen MR) is 85.1 cm³/mol. The van der Waals surface area contributed by atoms with Crippen molar-refractivity contribution < 1.29 is 19.4 Å². The number of carbonyl (C=O) groups excluding carboxylic acids is 1. The zero-order valence-corrected chi connectivity index (χ0v) is 13.4. The molecule has 1 aromatic carbocycles. The van der Waals surface area contributed by atoms with Crippen molar-refractivity contribution in [3.05, 3.63) is 35.4 Å². The highest BCUT2D eigenvalue weighted by atomic mass is 16.5. The van der Waals surface area contributed by atoms with Gasteiger partial charge < -0.3 is 14.7 Å². The van der Waals surface area contributed by atoms with E-state index in [9.17, 15) is 14.7 Å². The van der Waals surface area contributed by atoms with Crippen molar-refractivity contribution >= 4 is 11.9 Å². The molecule has 2 fully saturated rings. The molecule has 1 amide bonds. The molecule has 2 aliphatic rings. The maximum Gasteiger partial charge on any atom is 0.326 e. The first-order chi connectivity index (χ1) is 11.1. The zero-order chi connectivity index (χ0) is 16.4. The van der Waals surface area contributed by atoms with Gasteiger partial charge in [-0.05, 0) is 42.9 Å². The smallest absolute Gasteiger partial charge is 0.326 e. The van der Waals surface area contributed by atoms with Gasteiger partial charge in [-0.2, -0.15) is 0 Å². The third kappa shape index (κ3) is 3.11. The highest BCUT2D eigenvalue weighted by Gasteiger charge is 2.47. The third-order valence-electron chi connectivity index (χ3n) is 5.12. The fourth-order valence-electron chi connectivity index (χ4n) is 4.03. The summed E-state index contributed by atoms with van der Waals surface area (Å²) in [7, 11) is 1.63. The first-order valence-electron chi connectivity index (χ1n) is 8.25. The Morgan fingerprint density at radius 1 is 1.22 bits per heavy atom. The highest BCUT2D eigenvalue weighted by Crippen LogP contribution is 2.40. The number of amides is 1. The van der Waals surface area contributed by atoms with Crippen LogP contribution in [0.3, 0.4) is 0 Å². The normalized spacial score (nSPS) is 26.8. The molecule has 1 heterocycles. The van der Waals surface area contributed by atoms with Gasteiger partial charge in [-0.15, -0.1) is 0 Å². The van der Waals surface area contributed by atoms with E-state index in [-0.39, 0.29) is 11.9 Å². The Morgan fingerprint density at radius 3 is 2.57 bits per heavy atom. The van der Waals surface area contributed by atoms with Crippen LogP contribution in [-0.4, -0.2) is 41.1 Å². The topological polar surface area (TPSA) is 66.8 Å². The Hall–Kier alpha value is -1.88. The first-order valence-corrected chi connectivity index (χ1v) is 8.25. The van der Waals surface area contributed by atoms with E-state index < -0.39 is 12.0 Å². The number of ether oxygens (including phenoxy) is 1. The van der Waals surface area contributed by atoms with Crippen molar-refractivity contribution in [3.63, 3.8) is 0 Å². The van der Waals surface area contributed by atoms with Crippen molar-refractivity contribution in [1.82, 2.24) is 4.90 Å². The third-order valence-corrected chi connectivity index (χ3v) is 5.12. The van der Waals surface area contributed by atoms with Crippen molar-refractivity contribution in [3.8, 4) is 0 Å². The average Bonchev–Trinajstić information content (AvgIpc) is 2.95. The largest absolute Gasteiger partial charge is 0.480 e. The van der Waals surface area contributed by atoms with Crippen LogP contribution < -0.4 is 0 Å². The molecule has 5 nitrogen and oxygen atoms in total. The van der Waals surface area contributed by atoms with Crippen LogP contribution in [0.2, 0.25) is 0 Å². The molecule has 3 atom stereocenters. The number of nitrogens with zero attached hydrogens (tertiary/aromatic N) is 1. The van der Waals surface area contributed by atoms with Gasteiger partial charge in [-0.1, -0.05) is 25.0 Å². The number of benzene rings is 1. The number of hydrogen-bond acceptors (Lipinski definition) is 3. The van der Waals surface area contributed by atoms with Crippen LogP contribution in [0.15, 0.2) is 24.3 Å². The standard InChI is InChI=1S/C18H23NO4/c1-23-11-12-6-8-13(9-7-12)17(20)19-15-5-3-2-4-14(15)10-16(19)18(21)22/h6-9,14-16H,2-5,10-11H2,1H3,(H,21,22). The Morgan fingerprint density at radius 2 is 1.91 bits per heavy atom. The number of carbonyl (C=O) groups is 2. The summed E-state index contributed by atoms with van der Waals surface area (Å²) in [6.07, 6.45) is 4.76. The monoisotopic (exact) mass is 317 g/mol. The molecule has 0 bridgehead atoms. The van der Waals surface area contributed by atoms with E-state index in [0.29, 0.717) is 24.5 Å². The van der Waals surface area contributed by atoms with Crippen LogP contribution in [0.4, 0.5) is 0 Å². The SMILES string of the molecule is COCc1ccc(C(=O)N2C(C(=O)O)CC3CCCCC32)cc1. The van der Waals surface area contributed by atoms with E-state index in [1.807, 2.05) is 12.1 Å². The van der Waals surface area contributed by atoms with E-state index in [1.165, 1.54) is 0 Å². The molecule has 1 aliphatic heterocycles. The first kappa shape index (κ1) is 16.0. The minimum atomic E-state index is -0.885. The molecule has 0 spiro atoms. The van der Waals surface area contributed by atoms with E-state index >= 15 is 0 Å². The minimum Gasteiger partial charge on any atom is -0.480 e. The number of methoxy groups -OCH3 is 1. The molecule has 3 rings (SSSR count). The summed E-state index contributed by atoms with van der Waals surface area (Å²) in [6, 6.07) is 6.66. The summed E-state index contributed by atoms with van der Waals surface area (Å²) < 4.78 is 5.07. The lowest BCUT2D eigenvalue weighted by atomic mass is 9.84. The molecular weight excluding hydrogens is 294 g/mol. The average molecular weight is 317 g/mol. The van der Waals surface area contributed by atoms with E-state index in [0.717, 1.165) is 31.2 Å². The number of likely N-dealkylation sites (tertiary alicyclic amines) is 1. The number of fused-ring (bicyclic) bond motifs is 1. The molecule has 1 saturated heterocycles. The van der Waals surface area contributed by atoms with Crippen LogP contribution in [0.25, 0.3) is 0 Å². The molecule has 1 aliphatic carbocycles. The molecule has 5 heteroatoms. The summed E-state index contributed by atoms with van der Waals surface area (Å²) in [4.78, 5) is 26.2. The molecule has 23 heavy (non-hydrogen) atoms. The van der Waals surface area contributed by atoms with Gasteiger partial charge in [0.1, 0.15) is 6.04 Å². The summed E-state index contributed by atoms with van der Waals surface area (Å²) >= 11 is 0. The Bertz CT molecular complexity index is 583. The Labute approximate surface area is 136 Å². The van der Waals surface area contributed by atoms with Crippen molar-refractivity contribution in [2.24, 2.45) is 5.92 Å². The lowest BCUT2D eigenvalue weighted by molar-refractivity contribution is -0.141. The quantitative estimate of drug-likeness (QED) is 0.927. The summed E-state index contributed by atoms with van der Waals surface area (Å²) in [5, 5.41) is 9.53. The molecule has 0 radical (unpaired) electrons. The molecule has 1 aromatic rings. The molecule has 1 N–H and O–H groups in total. The predicted octanol–water partition coefficient (Wildman–Crippen LogP) is 2.69. The fraction of sp³-hybridized carbons (Fsp3) is 0.556. The number of hydrogen-bond donors (Lipinski definition) is 1. The maximum absolute atomic E-state index is 12.9. The lowest BCUT2D eigenvalue weighted by Gasteiger charge is -2.33. The highest BCUT2D eigenvalue weighted by molar-refractivity contribution is 5.97. The minimum absolute atomic E-state index is 0.0796. The molecule has 1 saturated carbocycles. The molecular formula is C18H23NO4. The van der Waals surface area contributed by atoms with E-state index in [2.05, 4.69) is 0 Å². The number of aliphatic carboxylic acids is 1. The van der Waals surface area contributed by atoms with Crippen LogP contribution in [0.5, 0.6) is 0 Å². The number of carboxylic acid groups (broad SMARTS) is 1. The molecule has 124 valence electrons. The zero-order valence-electron chi connectivity index (χ0n) is 13.4. The van der Waals surface area contributed by atoms with Gasteiger partial charge in [0.25, 0.3) is 5.91 Å². The number of carboxylic acids is 1. The van der Waals surface area contributed by atoms with Gasteiger partial charge in [0.15, 0.2) is 0 Å². The van der Waals surface area contributed by atoms with Gasteiger partial charge in [-0.25, -0.2) is 4.79 Å². The maximum atomic E-state index is 12.9. The summed E-state index contributed by atoms with van der Waals surface area (Å²) in [5.74, 6) is -0.707. The number of rotatable bonds is 4. The molecule has 0 aromatic heterocycles. The van der Waals surface area contributed by atoms with Crippen LogP contribution in [-0.2, 0) is 16.1 Å². The lowest BCUT2D eigenvalue weighted by Crippen LogP contribution is -2.46. The Kier molecular flexibility index (Phi) is 4.66. The second kappa shape index (κ2) is 6.71. The van der Waals surface area contributed by atoms with Crippen molar-refractivity contribution in [2.75, 3.05) is 7.11 Å². The van der Waals surface area contributed by atoms with Crippen molar-refractivity contribution in [2.45, 2.75) is 50.8 Å². The van der Waals surface area contributed by atoms with E-state index in [4.69, 9.17) is 4.74 Å². The van der Waals surface area contributed by atoms with Crippen LogP contribution in [0.1, 0.15) is 48.0 Å². The van der Waals surface area contributed by atoms with Gasteiger partial charge in [-0.3, -0.25) is 4.79 Å². The second-order valence-electron chi connectivity index (χ2n) is 6.54. The Balaban J connectivity index is 1.84. The van der Waals surface area contributed by atoms with Gasteiger partial charge in [0.2, 0.25) is 0 Å². The van der Waals surface area contributed by atoms with Gasteiger partial charge in [0, 0.05) is 18.7 Å². The second-order valence-corrected chi connectivity index (χ2v) is 6.54. The van der Waals surface area contributed by atoms with E-state index in [1.54, 1.807) is 24.1 Å². The van der Waals surface area contributed by atoms with Gasteiger partial charge >= 0.3 is 5.97 Å². The van der Waals surface area contributed by atoms with Crippen LogP contribution >= 0.6 is 0 Å². The van der Waals surface area contributed by atoms with Crippen LogP contribution in [0, 0.1) is 5.92 Å². The van der Waals surface area contributed by atoms with Crippen molar-refractivity contribution in [1.29, 1.82) is 0 Å².